The standard InChI is InChI=1S/C15H16O3S/c1-18-14-3-2-4-15(9-14)19(17)11-13-7-5-12(10-16)6-8-13/h2-9,16H,10-11H2,1H3. The van der Waals surface area contributed by atoms with E-state index in [0.29, 0.717) is 11.5 Å². The van der Waals surface area contributed by atoms with Crippen molar-refractivity contribution in [3.05, 3.63) is 59.7 Å². The topological polar surface area (TPSA) is 46.5 Å². The molecule has 0 amide bonds. The number of rotatable bonds is 5. The van der Waals surface area contributed by atoms with Crippen LogP contribution in [0.2, 0.25) is 0 Å². The van der Waals surface area contributed by atoms with Gasteiger partial charge in [-0.1, -0.05) is 30.3 Å². The Morgan fingerprint density at radius 2 is 1.79 bits per heavy atom. The molecule has 0 bridgehead atoms. The molecule has 0 aliphatic heterocycles. The van der Waals surface area contributed by atoms with Crippen LogP contribution in [-0.2, 0) is 23.2 Å². The van der Waals surface area contributed by atoms with Crippen LogP contribution in [-0.4, -0.2) is 16.4 Å². The molecule has 2 aromatic carbocycles. The number of ether oxygens (including phenoxy) is 1. The summed E-state index contributed by atoms with van der Waals surface area (Å²) in [5, 5.41) is 8.97. The van der Waals surface area contributed by atoms with E-state index in [1.807, 2.05) is 42.5 Å². The average molecular weight is 276 g/mol. The third-order valence-electron chi connectivity index (χ3n) is 2.81. The van der Waals surface area contributed by atoms with Gasteiger partial charge in [-0.05, 0) is 29.3 Å². The first-order valence-electron chi connectivity index (χ1n) is 5.94. The predicted octanol–water partition coefficient (Wildman–Crippen LogP) is 2.50. The van der Waals surface area contributed by atoms with Gasteiger partial charge in [0.1, 0.15) is 5.75 Å². The smallest absolute Gasteiger partial charge is 0.120 e. The molecular weight excluding hydrogens is 260 g/mol. The van der Waals surface area contributed by atoms with Crippen molar-refractivity contribution in [2.24, 2.45) is 0 Å². The Kier molecular flexibility index (Phi) is 4.71. The van der Waals surface area contributed by atoms with Crippen LogP contribution >= 0.6 is 0 Å². The van der Waals surface area contributed by atoms with Gasteiger partial charge in [-0.25, -0.2) is 0 Å². The molecule has 0 saturated heterocycles. The van der Waals surface area contributed by atoms with Gasteiger partial charge in [0.25, 0.3) is 0 Å². The van der Waals surface area contributed by atoms with Crippen molar-refractivity contribution in [3.63, 3.8) is 0 Å². The number of aliphatic hydroxyl groups excluding tert-OH is 1. The van der Waals surface area contributed by atoms with E-state index < -0.39 is 10.8 Å². The highest BCUT2D eigenvalue weighted by Gasteiger charge is 2.06. The Morgan fingerprint density at radius 3 is 2.42 bits per heavy atom. The van der Waals surface area contributed by atoms with Crippen molar-refractivity contribution in [3.8, 4) is 5.75 Å². The summed E-state index contributed by atoms with van der Waals surface area (Å²) < 4.78 is 17.4. The van der Waals surface area contributed by atoms with E-state index in [0.717, 1.165) is 16.0 Å². The number of aliphatic hydroxyl groups is 1. The first-order valence-corrected chi connectivity index (χ1v) is 7.26. The second-order valence-electron chi connectivity index (χ2n) is 4.14. The molecule has 3 nitrogen and oxygen atoms in total. The zero-order valence-electron chi connectivity index (χ0n) is 10.7. The van der Waals surface area contributed by atoms with Crippen molar-refractivity contribution in [2.45, 2.75) is 17.3 Å². The second kappa shape index (κ2) is 6.50. The highest BCUT2D eigenvalue weighted by molar-refractivity contribution is 7.84. The molecule has 0 saturated carbocycles. The first-order chi connectivity index (χ1) is 9.22. The first kappa shape index (κ1) is 13.8. The molecular formula is C15H16O3S. The quantitative estimate of drug-likeness (QED) is 0.912. The molecule has 2 aromatic rings. The molecule has 0 heterocycles. The lowest BCUT2D eigenvalue weighted by Gasteiger charge is -2.05. The monoisotopic (exact) mass is 276 g/mol. The fourth-order valence-corrected chi connectivity index (χ4v) is 2.86. The van der Waals surface area contributed by atoms with Gasteiger partial charge in [0.15, 0.2) is 0 Å². The molecule has 100 valence electrons. The van der Waals surface area contributed by atoms with Gasteiger partial charge in [-0.3, -0.25) is 4.21 Å². The van der Waals surface area contributed by atoms with Crippen LogP contribution in [0.1, 0.15) is 11.1 Å². The Hall–Kier alpha value is -1.65. The summed E-state index contributed by atoms with van der Waals surface area (Å²) in [5.74, 6) is 1.17. The molecule has 0 aliphatic rings. The fourth-order valence-electron chi connectivity index (χ4n) is 1.72. The molecule has 0 fully saturated rings. The number of hydrogen-bond acceptors (Lipinski definition) is 3. The van der Waals surface area contributed by atoms with E-state index in [1.54, 1.807) is 13.2 Å². The van der Waals surface area contributed by atoms with Gasteiger partial charge in [0.2, 0.25) is 0 Å². The zero-order valence-corrected chi connectivity index (χ0v) is 11.5. The van der Waals surface area contributed by atoms with E-state index in [9.17, 15) is 4.21 Å². The van der Waals surface area contributed by atoms with E-state index >= 15 is 0 Å². The third kappa shape index (κ3) is 3.66. The second-order valence-corrected chi connectivity index (χ2v) is 5.59. The van der Waals surface area contributed by atoms with Gasteiger partial charge < -0.3 is 9.84 Å². The summed E-state index contributed by atoms with van der Waals surface area (Å²) in [6, 6.07) is 14.8. The third-order valence-corrected chi connectivity index (χ3v) is 4.18. The number of methoxy groups -OCH3 is 1. The summed E-state index contributed by atoms with van der Waals surface area (Å²) in [6.45, 7) is 0.0270. The summed E-state index contributed by atoms with van der Waals surface area (Å²) in [4.78, 5) is 0.755. The number of benzene rings is 2. The van der Waals surface area contributed by atoms with Gasteiger partial charge in [-0.2, -0.15) is 0 Å². The predicted molar refractivity (Wildman–Crippen MR) is 75.5 cm³/mol. The minimum Gasteiger partial charge on any atom is -0.497 e. The van der Waals surface area contributed by atoms with Crippen LogP contribution in [0, 0.1) is 0 Å². The highest BCUT2D eigenvalue weighted by atomic mass is 32.2. The Morgan fingerprint density at radius 1 is 1.11 bits per heavy atom. The molecule has 1 N–H and O–H groups in total. The highest BCUT2D eigenvalue weighted by Crippen LogP contribution is 2.18. The lowest BCUT2D eigenvalue weighted by Crippen LogP contribution is -1.97. The summed E-state index contributed by atoms with van der Waals surface area (Å²) in [6.07, 6.45) is 0. The van der Waals surface area contributed by atoms with Crippen LogP contribution in [0.4, 0.5) is 0 Å². The van der Waals surface area contributed by atoms with Crippen LogP contribution in [0.15, 0.2) is 53.4 Å². The summed E-state index contributed by atoms with van der Waals surface area (Å²) in [5.41, 5.74) is 1.84. The maximum absolute atomic E-state index is 12.2. The van der Waals surface area contributed by atoms with Crippen molar-refractivity contribution in [1.29, 1.82) is 0 Å². The zero-order chi connectivity index (χ0) is 13.7. The van der Waals surface area contributed by atoms with Gasteiger partial charge in [0, 0.05) is 4.90 Å². The largest absolute Gasteiger partial charge is 0.497 e. The van der Waals surface area contributed by atoms with Gasteiger partial charge in [-0.15, -0.1) is 0 Å². The van der Waals surface area contributed by atoms with E-state index in [4.69, 9.17) is 9.84 Å². The molecule has 1 atom stereocenters. The Bertz CT molecular complexity index is 564. The summed E-state index contributed by atoms with van der Waals surface area (Å²) in [7, 11) is 0.496. The molecule has 0 aromatic heterocycles. The van der Waals surface area contributed by atoms with Gasteiger partial charge >= 0.3 is 0 Å². The fraction of sp³-hybridized carbons (Fsp3) is 0.200. The molecule has 4 heteroatoms. The average Bonchev–Trinajstić information content (AvgIpc) is 2.48. The minimum absolute atomic E-state index is 0.0270. The maximum atomic E-state index is 12.2. The Labute approximate surface area is 115 Å². The van der Waals surface area contributed by atoms with E-state index in [-0.39, 0.29) is 6.61 Å². The molecule has 19 heavy (non-hydrogen) atoms. The van der Waals surface area contributed by atoms with Crippen LogP contribution < -0.4 is 4.74 Å². The van der Waals surface area contributed by atoms with Crippen molar-refractivity contribution in [2.75, 3.05) is 7.11 Å². The van der Waals surface area contributed by atoms with Gasteiger partial charge in [0.05, 0.1) is 30.3 Å². The lowest BCUT2D eigenvalue weighted by molar-refractivity contribution is 0.282. The lowest BCUT2D eigenvalue weighted by atomic mass is 10.2. The minimum atomic E-state index is -1.10. The molecule has 0 radical (unpaired) electrons. The van der Waals surface area contributed by atoms with Crippen LogP contribution in [0.5, 0.6) is 5.75 Å². The molecule has 0 aliphatic carbocycles. The normalized spacial score (nSPS) is 12.1. The summed E-state index contributed by atoms with van der Waals surface area (Å²) >= 11 is 0. The SMILES string of the molecule is COc1cccc(S(=O)Cc2ccc(CO)cc2)c1. The molecule has 1 unspecified atom stereocenters. The molecule has 0 spiro atoms. The maximum Gasteiger partial charge on any atom is 0.120 e. The number of hydrogen-bond donors (Lipinski definition) is 1. The Balaban J connectivity index is 2.11. The van der Waals surface area contributed by atoms with Crippen molar-refractivity contribution < 1.29 is 14.1 Å². The van der Waals surface area contributed by atoms with Crippen LogP contribution in [0.3, 0.4) is 0 Å². The van der Waals surface area contributed by atoms with Crippen molar-refractivity contribution >= 4 is 10.8 Å². The van der Waals surface area contributed by atoms with E-state index in [1.165, 1.54) is 0 Å². The van der Waals surface area contributed by atoms with Crippen molar-refractivity contribution in [1.82, 2.24) is 0 Å². The van der Waals surface area contributed by atoms with Crippen LogP contribution in [0.25, 0.3) is 0 Å². The van der Waals surface area contributed by atoms with E-state index in [2.05, 4.69) is 0 Å². The molecule has 2 rings (SSSR count).